The number of benzene rings is 1. The molecule has 150 valence electrons. The first kappa shape index (κ1) is 19.6. The number of halogens is 2. The Morgan fingerprint density at radius 1 is 1.25 bits per heavy atom. The van der Waals surface area contributed by atoms with Crippen molar-refractivity contribution in [3.8, 4) is 0 Å². The predicted molar refractivity (Wildman–Crippen MR) is 101 cm³/mol. The van der Waals surface area contributed by atoms with E-state index in [1.54, 1.807) is 12.1 Å². The monoisotopic (exact) mass is 392 g/mol. The summed E-state index contributed by atoms with van der Waals surface area (Å²) in [7, 11) is 0. The Balaban J connectivity index is 1.29. The number of nitrogens with one attached hydrogen (secondary N) is 2. The molecule has 2 aromatic rings. The summed E-state index contributed by atoms with van der Waals surface area (Å²) in [5, 5.41) is 5.69. The van der Waals surface area contributed by atoms with E-state index in [9.17, 15) is 13.6 Å². The molecule has 0 spiro atoms. The second-order valence-corrected chi connectivity index (χ2v) is 6.32. The van der Waals surface area contributed by atoms with E-state index in [-0.39, 0.29) is 18.2 Å². The van der Waals surface area contributed by atoms with Crippen molar-refractivity contribution in [2.75, 3.05) is 42.3 Å². The summed E-state index contributed by atoms with van der Waals surface area (Å²) < 4.78 is 31.3. The summed E-state index contributed by atoms with van der Waals surface area (Å²) in [6, 6.07) is 6.13. The summed E-state index contributed by atoms with van der Waals surface area (Å²) in [4.78, 5) is 20.8. The van der Waals surface area contributed by atoms with Gasteiger partial charge in [-0.05, 0) is 37.0 Å². The topological polar surface area (TPSA) is 105 Å². The van der Waals surface area contributed by atoms with Crippen LogP contribution in [0.4, 0.5) is 30.9 Å². The third-order valence-corrected chi connectivity index (χ3v) is 4.29. The molecule has 28 heavy (non-hydrogen) atoms. The highest BCUT2D eigenvalue weighted by atomic mass is 19.1. The van der Waals surface area contributed by atoms with E-state index in [1.165, 1.54) is 12.1 Å². The van der Waals surface area contributed by atoms with Crippen molar-refractivity contribution in [1.82, 2.24) is 15.3 Å². The van der Waals surface area contributed by atoms with Gasteiger partial charge in [0.25, 0.3) is 0 Å². The highest BCUT2D eigenvalue weighted by Crippen LogP contribution is 2.32. The molecule has 0 bridgehead atoms. The molecule has 0 unspecified atom stereocenters. The van der Waals surface area contributed by atoms with Crippen molar-refractivity contribution < 1.29 is 18.3 Å². The zero-order valence-electron chi connectivity index (χ0n) is 15.3. The van der Waals surface area contributed by atoms with Crippen LogP contribution in [0.15, 0.2) is 24.3 Å². The van der Waals surface area contributed by atoms with Gasteiger partial charge in [-0.2, -0.15) is 14.4 Å². The second-order valence-electron chi connectivity index (χ2n) is 6.32. The molecule has 0 fully saturated rings. The molecular weight excluding hydrogens is 370 g/mol. The van der Waals surface area contributed by atoms with Crippen molar-refractivity contribution in [3.63, 3.8) is 0 Å². The minimum Gasteiger partial charge on any atom is -0.450 e. The van der Waals surface area contributed by atoms with Crippen LogP contribution in [0.3, 0.4) is 0 Å². The number of carbonyl (C=O) groups excluding carboxylic acids is 1. The minimum atomic E-state index is -0.856. The minimum absolute atomic E-state index is 0.0886. The maximum Gasteiger partial charge on any atom is 0.407 e. The molecule has 0 aliphatic carbocycles. The number of alkyl carbamates (subject to hydrolysis) is 1. The van der Waals surface area contributed by atoms with Gasteiger partial charge >= 0.3 is 12.2 Å². The number of nitrogens with zero attached hydrogens (tertiary/aromatic N) is 3. The number of unbranched alkanes of at least 4 members (excludes halogenated alkanes) is 1. The van der Waals surface area contributed by atoms with Crippen molar-refractivity contribution >= 4 is 23.4 Å². The van der Waals surface area contributed by atoms with Crippen LogP contribution in [0.2, 0.25) is 0 Å². The lowest BCUT2D eigenvalue weighted by atomic mass is 10.1. The first-order valence-corrected chi connectivity index (χ1v) is 9.00. The van der Waals surface area contributed by atoms with Gasteiger partial charge in [-0.3, -0.25) is 0 Å². The first-order valence-electron chi connectivity index (χ1n) is 9.00. The van der Waals surface area contributed by atoms with Crippen LogP contribution < -0.4 is 21.3 Å². The second kappa shape index (κ2) is 9.16. The Morgan fingerprint density at radius 3 is 2.82 bits per heavy atom. The molecule has 0 saturated heterocycles. The van der Waals surface area contributed by atoms with Crippen molar-refractivity contribution in [3.05, 3.63) is 41.7 Å². The number of hydrogen-bond donors (Lipinski definition) is 3. The van der Waals surface area contributed by atoms with Gasteiger partial charge in [0.05, 0.1) is 13.3 Å². The summed E-state index contributed by atoms with van der Waals surface area (Å²) in [6.07, 6.45) is 0.636. The Labute approximate surface area is 161 Å². The smallest absolute Gasteiger partial charge is 0.407 e. The quantitative estimate of drug-likeness (QED) is 0.467. The molecule has 4 N–H and O–H groups in total. The van der Waals surface area contributed by atoms with Gasteiger partial charge in [-0.1, -0.05) is 12.1 Å². The first-order chi connectivity index (χ1) is 13.5. The lowest BCUT2D eigenvalue weighted by Gasteiger charge is -2.16. The van der Waals surface area contributed by atoms with Gasteiger partial charge in [0.2, 0.25) is 0 Å². The highest BCUT2D eigenvalue weighted by molar-refractivity contribution is 5.79. The van der Waals surface area contributed by atoms with Gasteiger partial charge in [0.15, 0.2) is 11.6 Å². The van der Waals surface area contributed by atoms with E-state index < -0.39 is 12.2 Å². The Kier molecular flexibility index (Phi) is 6.41. The van der Waals surface area contributed by atoms with Crippen LogP contribution in [0.25, 0.3) is 0 Å². The molecule has 3 rings (SSSR count). The summed E-state index contributed by atoms with van der Waals surface area (Å²) in [5.74, 6) is 0.250. The average molecular weight is 392 g/mol. The molecule has 1 aromatic carbocycles. The third kappa shape index (κ3) is 5.18. The number of carbonyl (C=O) groups is 1. The normalized spacial score (nSPS) is 12.4. The molecular formula is C18H22F2N6O2. The van der Waals surface area contributed by atoms with Crippen LogP contribution >= 0.6 is 0 Å². The van der Waals surface area contributed by atoms with Crippen LogP contribution in [0.1, 0.15) is 18.4 Å². The summed E-state index contributed by atoms with van der Waals surface area (Å²) in [6.45, 7) is 1.78. The van der Waals surface area contributed by atoms with E-state index >= 15 is 0 Å². The molecule has 1 aliphatic rings. The van der Waals surface area contributed by atoms with E-state index in [0.717, 1.165) is 12.0 Å². The Hall–Kier alpha value is -3.17. The van der Waals surface area contributed by atoms with Crippen LogP contribution in [-0.2, 0) is 11.2 Å². The van der Waals surface area contributed by atoms with Crippen LogP contribution in [0.5, 0.6) is 0 Å². The number of ether oxygens (including phenoxy) is 1. The number of anilines is 3. The van der Waals surface area contributed by atoms with Crippen molar-refractivity contribution in [2.45, 2.75) is 19.3 Å². The molecule has 0 atom stereocenters. The van der Waals surface area contributed by atoms with Gasteiger partial charge in [0.1, 0.15) is 11.5 Å². The van der Waals surface area contributed by atoms with Gasteiger partial charge in [-0.25, -0.2) is 9.18 Å². The van der Waals surface area contributed by atoms with Crippen LogP contribution in [0, 0.1) is 11.9 Å². The van der Waals surface area contributed by atoms with Gasteiger partial charge < -0.3 is 26.0 Å². The fourth-order valence-electron chi connectivity index (χ4n) is 2.85. The SMILES string of the molecule is Nc1nc(F)nc2c1NCN2CCCCOC(=O)NCCc1ccc(F)cc1. The molecule has 1 aliphatic heterocycles. The van der Waals surface area contributed by atoms with Crippen molar-refractivity contribution in [1.29, 1.82) is 0 Å². The summed E-state index contributed by atoms with van der Waals surface area (Å²) in [5.41, 5.74) is 7.14. The van der Waals surface area contributed by atoms with Crippen molar-refractivity contribution in [2.24, 2.45) is 0 Å². The largest absolute Gasteiger partial charge is 0.450 e. The average Bonchev–Trinajstić information content (AvgIpc) is 3.06. The maximum atomic E-state index is 13.3. The lowest BCUT2D eigenvalue weighted by molar-refractivity contribution is 0.144. The number of aromatic nitrogens is 2. The molecule has 8 nitrogen and oxygen atoms in total. The molecule has 2 heterocycles. The summed E-state index contributed by atoms with van der Waals surface area (Å²) >= 11 is 0. The van der Waals surface area contributed by atoms with Gasteiger partial charge in [0, 0.05) is 13.1 Å². The predicted octanol–water partition coefficient (Wildman–Crippen LogP) is 2.28. The number of nitrogens with two attached hydrogens (primary N) is 1. The number of nitrogen functional groups attached to an aromatic ring is 1. The lowest BCUT2D eigenvalue weighted by Crippen LogP contribution is -2.27. The number of fused-ring (bicyclic) bond motifs is 1. The Bertz CT molecular complexity index is 818. The maximum absolute atomic E-state index is 13.3. The zero-order valence-corrected chi connectivity index (χ0v) is 15.3. The standard InChI is InChI=1S/C18H22F2N6O2/c19-13-5-3-12(4-6-13)7-8-22-18(27)28-10-2-1-9-26-11-23-14-15(21)24-17(20)25-16(14)26/h3-6,23H,1-2,7-11H2,(H,22,27)(H2,21,24,25). The number of amides is 1. The van der Waals surface area contributed by atoms with Gasteiger partial charge in [-0.15, -0.1) is 0 Å². The van der Waals surface area contributed by atoms with E-state index in [2.05, 4.69) is 20.6 Å². The zero-order chi connectivity index (χ0) is 19.9. The fourth-order valence-corrected chi connectivity index (χ4v) is 2.85. The number of hydrogen-bond acceptors (Lipinski definition) is 7. The fraction of sp³-hybridized carbons (Fsp3) is 0.389. The molecule has 10 heteroatoms. The van der Waals surface area contributed by atoms with Crippen LogP contribution in [-0.4, -0.2) is 42.4 Å². The Morgan fingerprint density at radius 2 is 2.04 bits per heavy atom. The van der Waals surface area contributed by atoms with E-state index in [4.69, 9.17) is 10.5 Å². The van der Waals surface area contributed by atoms with E-state index in [0.29, 0.717) is 44.1 Å². The highest BCUT2D eigenvalue weighted by Gasteiger charge is 2.24. The molecule has 1 aromatic heterocycles. The molecule has 0 saturated carbocycles. The third-order valence-electron chi connectivity index (χ3n) is 4.29. The number of rotatable bonds is 8. The molecule has 0 radical (unpaired) electrons. The molecule has 1 amide bonds. The van der Waals surface area contributed by atoms with E-state index in [1.807, 2.05) is 4.90 Å².